The lowest BCUT2D eigenvalue weighted by atomic mass is 10.1. The number of methoxy groups -OCH3 is 1. The molecule has 0 spiro atoms. The maximum Gasteiger partial charge on any atom is 0.253 e. The van der Waals surface area contributed by atoms with Crippen LogP contribution in [0.1, 0.15) is 15.9 Å². The molecule has 0 aliphatic carbocycles. The van der Waals surface area contributed by atoms with Gasteiger partial charge in [0.2, 0.25) is 0 Å². The molecule has 3 rings (SSSR count). The number of hydrogen-bond donors (Lipinski definition) is 0. The van der Waals surface area contributed by atoms with Crippen LogP contribution in [-0.2, 0) is 0 Å². The first-order valence-corrected chi connectivity index (χ1v) is 8.82. The molecular weight excluding hydrogens is 368 g/mol. The average Bonchev–Trinajstić information content (AvgIpc) is 2.63. The summed E-state index contributed by atoms with van der Waals surface area (Å²) in [6, 6.07) is 13.7. The van der Waals surface area contributed by atoms with Gasteiger partial charge in [-0.3, -0.25) is 4.79 Å². The van der Waals surface area contributed by atoms with Crippen molar-refractivity contribution in [2.45, 2.75) is 6.92 Å². The molecule has 126 valence electrons. The minimum absolute atomic E-state index is 0.0855. The van der Waals surface area contributed by atoms with Crippen molar-refractivity contribution in [3.8, 4) is 5.75 Å². The third-order valence-corrected chi connectivity index (χ3v) is 5.28. The van der Waals surface area contributed by atoms with E-state index >= 15 is 0 Å². The Hall–Kier alpha value is -2.01. The van der Waals surface area contributed by atoms with Crippen molar-refractivity contribution >= 4 is 27.5 Å². The topological polar surface area (TPSA) is 32.8 Å². The van der Waals surface area contributed by atoms with Crippen molar-refractivity contribution in [3.63, 3.8) is 0 Å². The maximum absolute atomic E-state index is 12.6. The number of anilines is 1. The SMILES string of the molecule is COc1ccc(C(=O)N2CCN(c3ccc(C)c(Br)c3)CC2)cc1. The molecule has 0 N–H and O–H groups in total. The molecule has 2 aromatic carbocycles. The Morgan fingerprint density at radius 1 is 1.04 bits per heavy atom. The molecule has 2 aromatic rings. The lowest BCUT2D eigenvalue weighted by Crippen LogP contribution is -2.48. The standard InChI is InChI=1S/C19H21BrN2O2/c1-14-3-6-16(13-18(14)20)21-9-11-22(12-10-21)19(23)15-4-7-17(24-2)8-5-15/h3-8,13H,9-12H2,1-2H3. The monoisotopic (exact) mass is 388 g/mol. The number of ether oxygens (including phenoxy) is 1. The van der Waals surface area contributed by atoms with E-state index in [1.807, 2.05) is 29.2 Å². The second-order valence-electron chi connectivity index (χ2n) is 5.94. The smallest absolute Gasteiger partial charge is 0.253 e. The molecule has 0 atom stereocenters. The molecule has 1 saturated heterocycles. The second-order valence-corrected chi connectivity index (χ2v) is 6.80. The fourth-order valence-corrected chi connectivity index (χ4v) is 3.23. The summed E-state index contributed by atoms with van der Waals surface area (Å²) in [6.45, 7) is 5.24. The zero-order valence-corrected chi connectivity index (χ0v) is 15.5. The van der Waals surface area contributed by atoms with E-state index in [1.165, 1.54) is 11.3 Å². The van der Waals surface area contributed by atoms with Crippen molar-refractivity contribution in [2.24, 2.45) is 0 Å². The Kier molecular flexibility index (Phi) is 5.09. The lowest BCUT2D eigenvalue weighted by molar-refractivity contribution is 0.0747. The summed E-state index contributed by atoms with van der Waals surface area (Å²) < 4.78 is 6.26. The molecule has 1 aliphatic heterocycles. The fraction of sp³-hybridized carbons (Fsp3) is 0.316. The van der Waals surface area contributed by atoms with Gasteiger partial charge in [-0.15, -0.1) is 0 Å². The predicted octanol–water partition coefficient (Wildman–Crippen LogP) is 3.73. The summed E-state index contributed by atoms with van der Waals surface area (Å²) in [5.74, 6) is 0.851. The molecule has 4 nitrogen and oxygen atoms in total. The summed E-state index contributed by atoms with van der Waals surface area (Å²) in [6.07, 6.45) is 0. The summed E-state index contributed by atoms with van der Waals surface area (Å²) in [4.78, 5) is 16.8. The molecule has 1 heterocycles. The zero-order valence-electron chi connectivity index (χ0n) is 14.0. The van der Waals surface area contributed by atoms with Gasteiger partial charge in [0, 0.05) is 41.9 Å². The highest BCUT2D eigenvalue weighted by Crippen LogP contribution is 2.25. The van der Waals surface area contributed by atoms with E-state index in [0.29, 0.717) is 5.56 Å². The Labute approximate surface area is 151 Å². The molecule has 0 saturated carbocycles. The van der Waals surface area contributed by atoms with Gasteiger partial charge >= 0.3 is 0 Å². The number of hydrogen-bond acceptors (Lipinski definition) is 3. The summed E-state index contributed by atoms with van der Waals surface area (Å²) in [7, 11) is 1.62. The largest absolute Gasteiger partial charge is 0.497 e. The van der Waals surface area contributed by atoms with Crippen molar-refractivity contribution in [1.29, 1.82) is 0 Å². The first-order chi connectivity index (χ1) is 11.6. The van der Waals surface area contributed by atoms with Crippen molar-refractivity contribution in [2.75, 3.05) is 38.2 Å². The number of carbonyl (C=O) groups excluding carboxylic acids is 1. The Balaban J connectivity index is 1.63. The van der Waals surface area contributed by atoms with E-state index in [-0.39, 0.29) is 5.91 Å². The first kappa shape index (κ1) is 16.8. The quantitative estimate of drug-likeness (QED) is 0.802. The molecule has 0 unspecified atom stereocenters. The molecular formula is C19H21BrN2O2. The van der Waals surface area contributed by atoms with Gasteiger partial charge in [-0.25, -0.2) is 0 Å². The molecule has 5 heteroatoms. The van der Waals surface area contributed by atoms with Gasteiger partial charge in [-0.2, -0.15) is 0 Å². The van der Waals surface area contributed by atoms with Crippen LogP contribution in [0.25, 0.3) is 0 Å². The highest BCUT2D eigenvalue weighted by Gasteiger charge is 2.22. The molecule has 0 bridgehead atoms. The van der Waals surface area contributed by atoms with E-state index in [9.17, 15) is 4.79 Å². The summed E-state index contributed by atoms with van der Waals surface area (Å²) in [5, 5.41) is 0. The third kappa shape index (κ3) is 3.56. The van der Waals surface area contributed by atoms with Crippen molar-refractivity contribution < 1.29 is 9.53 Å². The third-order valence-electron chi connectivity index (χ3n) is 4.42. The van der Waals surface area contributed by atoms with Gasteiger partial charge in [0.15, 0.2) is 0 Å². The van der Waals surface area contributed by atoms with Crippen molar-refractivity contribution in [1.82, 2.24) is 4.90 Å². The number of piperazine rings is 1. The van der Waals surface area contributed by atoms with E-state index in [0.717, 1.165) is 36.4 Å². The summed E-state index contributed by atoms with van der Waals surface area (Å²) in [5.41, 5.74) is 3.14. The van der Waals surface area contributed by atoms with Crippen LogP contribution in [0.15, 0.2) is 46.9 Å². The number of halogens is 1. The van der Waals surface area contributed by atoms with Crippen LogP contribution in [0, 0.1) is 6.92 Å². The zero-order chi connectivity index (χ0) is 17.1. The number of rotatable bonds is 3. The van der Waals surface area contributed by atoms with Crippen molar-refractivity contribution in [3.05, 3.63) is 58.1 Å². The molecule has 1 fully saturated rings. The summed E-state index contributed by atoms with van der Waals surface area (Å²) >= 11 is 3.59. The van der Waals surface area contributed by atoms with E-state index in [4.69, 9.17) is 4.74 Å². The fourth-order valence-electron chi connectivity index (χ4n) is 2.86. The predicted molar refractivity (Wildman–Crippen MR) is 100.0 cm³/mol. The second kappa shape index (κ2) is 7.26. The van der Waals surface area contributed by atoms with Crippen LogP contribution < -0.4 is 9.64 Å². The van der Waals surface area contributed by atoms with Crippen LogP contribution in [0.2, 0.25) is 0 Å². The molecule has 1 amide bonds. The van der Waals surface area contributed by atoms with Gasteiger partial charge in [0.25, 0.3) is 5.91 Å². The van der Waals surface area contributed by atoms with Gasteiger partial charge < -0.3 is 14.5 Å². The first-order valence-electron chi connectivity index (χ1n) is 8.03. The van der Waals surface area contributed by atoms with Crippen LogP contribution in [0.5, 0.6) is 5.75 Å². The normalized spacial score (nSPS) is 14.6. The highest BCUT2D eigenvalue weighted by molar-refractivity contribution is 9.10. The van der Waals surface area contributed by atoms with E-state index in [1.54, 1.807) is 7.11 Å². The molecule has 24 heavy (non-hydrogen) atoms. The van der Waals surface area contributed by atoms with Gasteiger partial charge in [-0.1, -0.05) is 22.0 Å². The minimum Gasteiger partial charge on any atom is -0.497 e. The number of carbonyl (C=O) groups is 1. The number of benzene rings is 2. The van der Waals surface area contributed by atoms with E-state index < -0.39 is 0 Å². The average molecular weight is 389 g/mol. The highest BCUT2D eigenvalue weighted by atomic mass is 79.9. The van der Waals surface area contributed by atoms with Gasteiger partial charge in [0.1, 0.15) is 5.75 Å². The number of nitrogens with zero attached hydrogens (tertiary/aromatic N) is 2. The number of aryl methyl sites for hydroxylation is 1. The van der Waals surface area contributed by atoms with Gasteiger partial charge in [-0.05, 0) is 48.9 Å². The minimum atomic E-state index is 0.0855. The number of amides is 1. The van der Waals surface area contributed by atoms with Crippen LogP contribution >= 0.6 is 15.9 Å². The molecule has 0 radical (unpaired) electrons. The molecule has 0 aromatic heterocycles. The lowest BCUT2D eigenvalue weighted by Gasteiger charge is -2.36. The van der Waals surface area contributed by atoms with Crippen LogP contribution in [0.3, 0.4) is 0 Å². The maximum atomic E-state index is 12.6. The van der Waals surface area contributed by atoms with Gasteiger partial charge in [0.05, 0.1) is 7.11 Å². The van der Waals surface area contributed by atoms with Crippen LogP contribution in [0.4, 0.5) is 5.69 Å². The Morgan fingerprint density at radius 2 is 1.71 bits per heavy atom. The Morgan fingerprint density at radius 3 is 2.29 bits per heavy atom. The van der Waals surface area contributed by atoms with Crippen LogP contribution in [-0.4, -0.2) is 44.1 Å². The van der Waals surface area contributed by atoms with E-state index in [2.05, 4.69) is 46.0 Å². The Bertz CT molecular complexity index is 723. The molecule has 1 aliphatic rings.